The van der Waals surface area contributed by atoms with Gasteiger partial charge in [-0.3, -0.25) is 10.1 Å². The number of carbonyl (C=O) groups is 1. The van der Waals surface area contributed by atoms with Gasteiger partial charge >= 0.3 is 6.18 Å². The van der Waals surface area contributed by atoms with Crippen molar-refractivity contribution in [2.24, 2.45) is 0 Å². The van der Waals surface area contributed by atoms with Gasteiger partial charge in [-0.05, 0) is 31.0 Å². The highest BCUT2D eigenvalue weighted by Gasteiger charge is 2.34. The van der Waals surface area contributed by atoms with E-state index in [4.69, 9.17) is 0 Å². The molecule has 12 heteroatoms. The van der Waals surface area contributed by atoms with E-state index in [1.807, 2.05) is 0 Å². The summed E-state index contributed by atoms with van der Waals surface area (Å²) >= 11 is 0.569. The largest absolute Gasteiger partial charge is 0.434 e. The van der Waals surface area contributed by atoms with Gasteiger partial charge in [0.2, 0.25) is 10.0 Å². The summed E-state index contributed by atoms with van der Waals surface area (Å²) in [5.41, 5.74) is -1.36. The zero-order chi connectivity index (χ0) is 19.8. The molecule has 0 bridgehead atoms. The van der Waals surface area contributed by atoms with E-state index in [0.29, 0.717) is 24.2 Å². The van der Waals surface area contributed by atoms with Crippen LogP contribution in [0.25, 0.3) is 0 Å². The summed E-state index contributed by atoms with van der Waals surface area (Å²) in [5, 5.41) is 2.59. The number of hydrogen-bond donors (Lipinski definition) is 1. The molecule has 0 atom stereocenters. The third-order valence-corrected chi connectivity index (χ3v) is 6.56. The number of halogens is 4. The molecule has 0 spiro atoms. The number of nitrogens with zero attached hydrogens (tertiary/aromatic N) is 2. The number of rotatable bonds is 4. The lowest BCUT2D eigenvalue weighted by molar-refractivity contribution is -0.140. The van der Waals surface area contributed by atoms with Crippen LogP contribution < -0.4 is 5.32 Å². The molecule has 6 nitrogen and oxygen atoms in total. The Kier molecular flexibility index (Phi) is 5.23. The van der Waals surface area contributed by atoms with Gasteiger partial charge in [0, 0.05) is 24.0 Å². The van der Waals surface area contributed by atoms with E-state index in [2.05, 4.69) is 10.3 Å². The quantitative estimate of drug-likeness (QED) is 0.765. The Morgan fingerprint density at radius 3 is 2.48 bits per heavy atom. The van der Waals surface area contributed by atoms with Crippen molar-refractivity contribution in [1.29, 1.82) is 0 Å². The molecule has 1 aliphatic heterocycles. The Hall–Kier alpha value is -2.05. The monoisotopic (exact) mass is 423 g/mol. The van der Waals surface area contributed by atoms with Crippen LogP contribution in [-0.4, -0.2) is 36.7 Å². The van der Waals surface area contributed by atoms with Crippen LogP contribution in [0.5, 0.6) is 0 Å². The first kappa shape index (κ1) is 19.7. The van der Waals surface area contributed by atoms with Gasteiger partial charge in [0.25, 0.3) is 5.91 Å². The molecule has 1 saturated heterocycles. The first-order valence-corrected chi connectivity index (χ1v) is 10.0. The predicted molar refractivity (Wildman–Crippen MR) is 89.5 cm³/mol. The van der Waals surface area contributed by atoms with Crippen LogP contribution in [0.1, 0.15) is 28.9 Å². The number of carbonyl (C=O) groups excluding carboxylic acids is 1. The molecule has 0 radical (unpaired) electrons. The number of alkyl halides is 3. The molecule has 1 aromatic heterocycles. The molecule has 1 aromatic carbocycles. The molecule has 1 aliphatic rings. The topological polar surface area (TPSA) is 79.4 Å². The van der Waals surface area contributed by atoms with Crippen LogP contribution in [0.15, 0.2) is 28.5 Å². The SMILES string of the molecule is O=C(Nc1nc(C(F)(F)F)cs1)c1ccc(F)c(S(=O)(=O)N2CCCC2)c1. The van der Waals surface area contributed by atoms with Crippen molar-refractivity contribution in [1.82, 2.24) is 9.29 Å². The number of nitrogens with one attached hydrogen (secondary N) is 1. The average Bonchev–Trinajstić information content (AvgIpc) is 3.26. The number of amides is 1. The second-order valence-electron chi connectivity index (χ2n) is 5.75. The highest BCUT2D eigenvalue weighted by molar-refractivity contribution is 7.89. The normalized spacial score (nSPS) is 15.9. The maximum Gasteiger partial charge on any atom is 0.434 e. The number of benzene rings is 1. The third kappa shape index (κ3) is 4.12. The highest BCUT2D eigenvalue weighted by Crippen LogP contribution is 2.32. The Morgan fingerprint density at radius 2 is 1.89 bits per heavy atom. The summed E-state index contributed by atoms with van der Waals surface area (Å²) in [4.78, 5) is 14.8. The molecule has 3 rings (SSSR count). The molecular weight excluding hydrogens is 410 g/mol. The minimum Gasteiger partial charge on any atom is -0.298 e. The van der Waals surface area contributed by atoms with Gasteiger partial charge in [0.15, 0.2) is 10.8 Å². The van der Waals surface area contributed by atoms with E-state index in [0.717, 1.165) is 27.9 Å². The predicted octanol–water partition coefficient (Wildman–Crippen LogP) is 3.34. The molecule has 1 fully saturated rings. The van der Waals surface area contributed by atoms with Gasteiger partial charge in [0.05, 0.1) is 0 Å². The molecule has 0 aliphatic carbocycles. The Morgan fingerprint density at radius 1 is 1.22 bits per heavy atom. The summed E-state index contributed by atoms with van der Waals surface area (Å²) in [6.07, 6.45) is -3.33. The summed E-state index contributed by atoms with van der Waals surface area (Å²) < 4.78 is 77.9. The number of thiazole rings is 1. The van der Waals surface area contributed by atoms with Crippen molar-refractivity contribution in [3.63, 3.8) is 0 Å². The van der Waals surface area contributed by atoms with E-state index in [-0.39, 0.29) is 23.8 Å². The first-order chi connectivity index (χ1) is 12.6. The number of hydrogen-bond acceptors (Lipinski definition) is 5. The maximum atomic E-state index is 14.1. The van der Waals surface area contributed by atoms with Crippen LogP contribution >= 0.6 is 11.3 Å². The lowest BCUT2D eigenvalue weighted by Crippen LogP contribution is -2.29. The molecule has 0 unspecified atom stereocenters. The molecule has 1 amide bonds. The van der Waals surface area contributed by atoms with Gasteiger partial charge in [-0.2, -0.15) is 17.5 Å². The Labute approximate surface area is 155 Å². The van der Waals surface area contributed by atoms with Crippen LogP contribution in [0, 0.1) is 5.82 Å². The van der Waals surface area contributed by atoms with Gasteiger partial charge in [0.1, 0.15) is 10.7 Å². The van der Waals surface area contributed by atoms with E-state index < -0.39 is 38.5 Å². The molecule has 2 aromatic rings. The van der Waals surface area contributed by atoms with Gasteiger partial charge in [-0.1, -0.05) is 0 Å². The van der Waals surface area contributed by atoms with Crippen molar-refractivity contribution in [2.45, 2.75) is 23.9 Å². The summed E-state index contributed by atoms with van der Waals surface area (Å²) in [5.74, 6) is -1.90. The number of anilines is 1. The standard InChI is InChI=1S/C15H13F4N3O3S2/c16-10-4-3-9(7-11(10)27(24,25)22-5-1-2-6-22)13(23)21-14-20-12(8-26-14)15(17,18)19/h3-4,7-8H,1-2,5-6H2,(H,20,21,23). The zero-order valence-electron chi connectivity index (χ0n) is 13.6. The fourth-order valence-corrected chi connectivity index (χ4v) is 4.86. The Bertz CT molecular complexity index is 967. The van der Waals surface area contributed by atoms with Gasteiger partial charge < -0.3 is 0 Å². The third-order valence-electron chi connectivity index (χ3n) is 3.89. The molecule has 1 N–H and O–H groups in total. The number of aromatic nitrogens is 1. The molecular formula is C15H13F4N3O3S2. The lowest BCUT2D eigenvalue weighted by atomic mass is 10.2. The van der Waals surface area contributed by atoms with Crippen molar-refractivity contribution >= 4 is 32.4 Å². The Balaban J connectivity index is 1.85. The van der Waals surface area contributed by atoms with Crippen LogP contribution in [0.3, 0.4) is 0 Å². The van der Waals surface area contributed by atoms with E-state index in [1.165, 1.54) is 0 Å². The average molecular weight is 423 g/mol. The van der Waals surface area contributed by atoms with Crippen molar-refractivity contribution < 1.29 is 30.8 Å². The summed E-state index contributed by atoms with van der Waals surface area (Å²) in [6.45, 7) is 0.523. The second kappa shape index (κ2) is 7.17. The molecule has 27 heavy (non-hydrogen) atoms. The minimum atomic E-state index is -4.65. The van der Waals surface area contributed by atoms with Crippen LogP contribution in [-0.2, 0) is 16.2 Å². The maximum absolute atomic E-state index is 14.1. The zero-order valence-corrected chi connectivity index (χ0v) is 15.2. The highest BCUT2D eigenvalue weighted by atomic mass is 32.2. The second-order valence-corrected chi connectivity index (χ2v) is 8.51. The molecule has 2 heterocycles. The van der Waals surface area contributed by atoms with E-state index in [1.54, 1.807) is 0 Å². The van der Waals surface area contributed by atoms with Gasteiger partial charge in [-0.15, -0.1) is 11.3 Å². The van der Waals surface area contributed by atoms with Crippen molar-refractivity contribution in [2.75, 3.05) is 18.4 Å². The fourth-order valence-electron chi connectivity index (χ4n) is 2.54. The summed E-state index contributed by atoms with van der Waals surface area (Å²) in [7, 11) is -4.10. The van der Waals surface area contributed by atoms with Crippen LogP contribution in [0.2, 0.25) is 0 Å². The van der Waals surface area contributed by atoms with E-state index in [9.17, 15) is 30.8 Å². The first-order valence-electron chi connectivity index (χ1n) is 7.73. The van der Waals surface area contributed by atoms with Gasteiger partial charge in [-0.25, -0.2) is 17.8 Å². The molecule has 146 valence electrons. The van der Waals surface area contributed by atoms with E-state index >= 15 is 0 Å². The van der Waals surface area contributed by atoms with Crippen LogP contribution in [0.4, 0.5) is 22.7 Å². The molecule has 0 saturated carbocycles. The number of sulfonamides is 1. The minimum absolute atomic E-state index is 0.210. The summed E-state index contributed by atoms with van der Waals surface area (Å²) in [6, 6.07) is 2.75. The lowest BCUT2D eigenvalue weighted by Gasteiger charge is -2.16. The fraction of sp³-hybridized carbons (Fsp3) is 0.333. The van der Waals surface area contributed by atoms with Crippen molar-refractivity contribution in [3.8, 4) is 0 Å². The van der Waals surface area contributed by atoms with Crippen molar-refractivity contribution in [3.05, 3.63) is 40.7 Å². The smallest absolute Gasteiger partial charge is 0.298 e.